The van der Waals surface area contributed by atoms with Gasteiger partial charge in [-0.3, -0.25) is 5.21 Å². The maximum atomic E-state index is 10.8. The van der Waals surface area contributed by atoms with E-state index in [2.05, 4.69) is 4.90 Å². The lowest BCUT2D eigenvalue weighted by atomic mass is 10.3. The van der Waals surface area contributed by atoms with Crippen LogP contribution >= 0.6 is 0 Å². The Morgan fingerprint density at radius 3 is 2.36 bits per heavy atom. The fraction of sp³-hybridized carbons (Fsp3) is 0.833. The Hall–Kier alpha value is -0.810. The lowest BCUT2D eigenvalue weighted by Gasteiger charge is -2.31. The van der Waals surface area contributed by atoms with Crippen molar-refractivity contribution in [3.63, 3.8) is 0 Å². The van der Waals surface area contributed by atoms with Gasteiger partial charge in [0, 0.05) is 26.2 Å². The zero-order valence-electron chi connectivity index (χ0n) is 6.58. The highest BCUT2D eigenvalue weighted by atomic mass is 16.5. The van der Waals surface area contributed by atoms with E-state index in [1.807, 2.05) is 7.05 Å². The van der Waals surface area contributed by atoms with Crippen LogP contribution in [0.25, 0.3) is 0 Å². The van der Waals surface area contributed by atoms with E-state index in [0.29, 0.717) is 13.1 Å². The first-order chi connectivity index (χ1) is 5.24. The van der Waals surface area contributed by atoms with Crippen molar-refractivity contribution in [2.75, 3.05) is 33.2 Å². The lowest BCUT2D eigenvalue weighted by Crippen LogP contribution is -2.50. The molecule has 1 aliphatic rings. The molecule has 11 heavy (non-hydrogen) atoms. The van der Waals surface area contributed by atoms with Crippen LogP contribution in [0.3, 0.4) is 0 Å². The quantitative estimate of drug-likeness (QED) is 0.364. The zero-order chi connectivity index (χ0) is 8.27. The summed E-state index contributed by atoms with van der Waals surface area (Å²) in [6.07, 6.45) is 0. The summed E-state index contributed by atoms with van der Waals surface area (Å²) < 4.78 is 0. The molecule has 0 spiro atoms. The van der Waals surface area contributed by atoms with Gasteiger partial charge in [-0.2, -0.15) is 0 Å². The minimum Gasteiger partial charge on any atom is -0.320 e. The number of hydroxylamine groups is 1. The first kappa shape index (κ1) is 8.29. The lowest BCUT2D eigenvalue weighted by molar-refractivity contribution is 0.108. The standard InChI is InChI=1S/C6H13N3O2/c1-8-2-4-9(5-3-8)6(10)7-11/h11H,2-5H2,1H3,(H,7,10). The summed E-state index contributed by atoms with van der Waals surface area (Å²) in [7, 11) is 2.01. The number of rotatable bonds is 0. The second-order valence-electron chi connectivity index (χ2n) is 2.71. The molecule has 0 unspecified atom stereocenters. The number of piperazine rings is 1. The average Bonchev–Trinajstić information content (AvgIpc) is 2.05. The molecular weight excluding hydrogens is 146 g/mol. The van der Waals surface area contributed by atoms with E-state index < -0.39 is 6.03 Å². The normalized spacial score (nSPS) is 20.0. The van der Waals surface area contributed by atoms with Crippen LogP contribution in [0.15, 0.2) is 0 Å². The van der Waals surface area contributed by atoms with Crippen molar-refractivity contribution in [2.45, 2.75) is 0 Å². The van der Waals surface area contributed by atoms with Crippen molar-refractivity contribution in [2.24, 2.45) is 0 Å². The molecule has 1 fully saturated rings. The summed E-state index contributed by atoms with van der Waals surface area (Å²) in [6.45, 7) is 3.10. The Kier molecular flexibility index (Phi) is 2.67. The van der Waals surface area contributed by atoms with Gasteiger partial charge in [0.2, 0.25) is 0 Å². The molecule has 0 aromatic carbocycles. The SMILES string of the molecule is CN1CCN(C(=O)NO)CC1. The van der Waals surface area contributed by atoms with Gasteiger partial charge in [0.15, 0.2) is 0 Å². The van der Waals surface area contributed by atoms with E-state index >= 15 is 0 Å². The minimum atomic E-state index is -0.405. The van der Waals surface area contributed by atoms with Crippen molar-refractivity contribution in [1.82, 2.24) is 15.3 Å². The summed E-state index contributed by atoms with van der Waals surface area (Å²) in [4.78, 5) is 14.5. The molecule has 1 saturated heterocycles. The van der Waals surface area contributed by atoms with Crippen molar-refractivity contribution in [1.29, 1.82) is 0 Å². The maximum Gasteiger partial charge on any atom is 0.341 e. The fourth-order valence-electron chi connectivity index (χ4n) is 1.08. The van der Waals surface area contributed by atoms with Crippen molar-refractivity contribution < 1.29 is 10.0 Å². The number of likely N-dealkylation sites (N-methyl/N-ethyl adjacent to an activating group) is 1. The molecule has 1 aliphatic heterocycles. The summed E-state index contributed by atoms with van der Waals surface area (Å²) in [6, 6.07) is -0.405. The third-order valence-electron chi connectivity index (χ3n) is 1.89. The monoisotopic (exact) mass is 159 g/mol. The third-order valence-corrected chi connectivity index (χ3v) is 1.89. The maximum absolute atomic E-state index is 10.8. The first-order valence-electron chi connectivity index (χ1n) is 3.61. The number of carbonyl (C=O) groups excluding carboxylic acids is 1. The molecule has 0 aromatic rings. The molecule has 0 atom stereocenters. The van der Waals surface area contributed by atoms with Gasteiger partial charge in [-0.15, -0.1) is 0 Å². The smallest absolute Gasteiger partial charge is 0.320 e. The summed E-state index contributed by atoms with van der Waals surface area (Å²) >= 11 is 0. The van der Waals surface area contributed by atoms with Crippen molar-refractivity contribution in [3.05, 3.63) is 0 Å². The largest absolute Gasteiger partial charge is 0.341 e. The Labute approximate surface area is 65.5 Å². The number of hydrogen-bond donors (Lipinski definition) is 2. The highest BCUT2D eigenvalue weighted by Gasteiger charge is 2.17. The Balaban J connectivity index is 2.33. The molecule has 0 radical (unpaired) electrons. The Morgan fingerprint density at radius 1 is 1.36 bits per heavy atom. The molecule has 0 aliphatic carbocycles. The van der Waals surface area contributed by atoms with E-state index in [1.54, 1.807) is 10.4 Å². The van der Waals surface area contributed by atoms with E-state index in [4.69, 9.17) is 5.21 Å². The van der Waals surface area contributed by atoms with Crippen LogP contribution in [-0.4, -0.2) is 54.3 Å². The summed E-state index contributed by atoms with van der Waals surface area (Å²) in [5.41, 5.74) is 1.62. The van der Waals surface area contributed by atoms with Gasteiger partial charge < -0.3 is 9.80 Å². The third kappa shape index (κ3) is 2.06. The first-order valence-corrected chi connectivity index (χ1v) is 3.61. The van der Waals surface area contributed by atoms with Crippen LogP contribution in [-0.2, 0) is 0 Å². The molecule has 0 bridgehead atoms. The zero-order valence-corrected chi connectivity index (χ0v) is 6.58. The molecule has 64 valence electrons. The molecule has 1 rings (SSSR count). The van der Waals surface area contributed by atoms with Crippen LogP contribution in [0.1, 0.15) is 0 Å². The highest BCUT2D eigenvalue weighted by Crippen LogP contribution is 1.98. The number of carbonyl (C=O) groups is 1. The topological polar surface area (TPSA) is 55.8 Å². The predicted octanol–water partition coefficient (Wildman–Crippen LogP) is -0.667. The van der Waals surface area contributed by atoms with Gasteiger partial charge in [0.25, 0.3) is 0 Å². The van der Waals surface area contributed by atoms with Gasteiger partial charge in [0.1, 0.15) is 0 Å². The molecule has 0 aromatic heterocycles. The number of nitrogens with one attached hydrogen (secondary N) is 1. The van der Waals surface area contributed by atoms with Crippen LogP contribution in [0, 0.1) is 0 Å². The number of nitrogens with zero attached hydrogens (tertiary/aromatic N) is 2. The van der Waals surface area contributed by atoms with E-state index in [0.717, 1.165) is 13.1 Å². The second kappa shape index (κ2) is 3.54. The van der Waals surface area contributed by atoms with Crippen molar-refractivity contribution in [3.8, 4) is 0 Å². The second-order valence-corrected chi connectivity index (χ2v) is 2.71. The van der Waals surface area contributed by atoms with Gasteiger partial charge in [-0.25, -0.2) is 10.3 Å². The van der Waals surface area contributed by atoms with Crippen molar-refractivity contribution >= 4 is 6.03 Å². The van der Waals surface area contributed by atoms with E-state index in [1.165, 1.54) is 0 Å². The summed E-state index contributed by atoms with van der Waals surface area (Å²) in [5, 5.41) is 8.30. The molecule has 0 saturated carbocycles. The van der Waals surface area contributed by atoms with E-state index in [-0.39, 0.29) is 0 Å². The molecular formula is C6H13N3O2. The van der Waals surface area contributed by atoms with E-state index in [9.17, 15) is 4.79 Å². The highest BCUT2D eigenvalue weighted by molar-refractivity contribution is 5.72. The van der Waals surface area contributed by atoms with Gasteiger partial charge in [-0.05, 0) is 7.05 Å². The van der Waals surface area contributed by atoms with Gasteiger partial charge in [0.05, 0.1) is 0 Å². The molecule has 1 heterocycles. The predicted molar refractivity (Wildman–Crippen MR) is 39.4 cm³/mol. The molecule has 5 nitrogen and oxygen atoms in total. The Morgan fingerprint density at radius 2 is 1.91 bits per heavy atom. The van der Waals surface area contributed by atoms with Gasteiger partial charge >= 0.3 is 6.03 Å². The number of urea groups is 1. The molecule has 2 amide bonds. The average molecular weight is 159 g/mol. The summed E-state index contributed by atoms with van der Waals surface area (Å²) in [5.74, 6) is 0. The Bertz CT molecular complexity index is 143. The van der Waals surface area contributed by atoms with Crippen LogP contribution in [0.4, 0.5) is 4.79 Å². The minimum absolute atomic E-state index is 0.405. The molecule has 2 N–H and O–H groups in total. The van der Waals surface area contributed by atoms with Crippen LogP contribution < -0.4 is 5.48 Å². The van der Waals surface area contributed by atoms with Gasteiger partial charge in [-0.1, -0.05) is 0 Å². The van der Waals surface area contributed by atoms with Crippen LogP contribution in [0.5, 0.6) is 0 Å². The molecule has 5 heteroatoms. The number of amides is 2. The van der Waals surface area contributed by atoms with Crippen LogP contribution in [0.2, 0.25) is 0 Å². The fourth-order valence-corrected chi connectivity index (χ4v) is 1.08. The number of hydrogen-bond acceptors (Lipinski definition) is 3.